The molecule has 1 aromatic heterocycles. The van der Waals surface area contributed by atoms with Gasteiger partial charge in [-0.25, -0.2) is 4.98 Å². The Labute approximate surface area is 96.4 Å². The molecule has 16 heavy (non-hydrogen) atoms. The lowest BCUT2D eigenvalue weighted by atomic mass is 10.2. The van der Waals surface area contributed by atoms with Crippen LogP contribution in [0.25, 0.3) is 0 Å². The van der Waals surface area contributed by atoms with Gasteiger partial charge < -0.3 is 19.7 Å². The molecule has 0 aliphatic carbocycles. The summed E-state index contributed by atoms with van der Waals surface area (Å²) in [4.78, 5) is 4.21. The van der Waals surface area contributed by atoms with Crippen molar-refractivity contribution in [2.45, 2.75) is 18.9 Å². The van der Waals surface area contributed by atoms with Gasteiger partial charge in [-0.3, -0.25) is 0 Å². The number of aliphatic hydroxyl groups is 1. The third kappa shape index (κ3) is 4.74. The number of aromatic nitrogens is 2. The Morgan fingerprint density at radius 2 is 2.44 bits per heavy atom. The predicted molar refractivity (Wildman–Crippen MR) is 62.3 cm³/mol. The lowest BCUT2D eigenvalue weighted by molar-refractivity contribution is 0.151. The Kier molecular flexibility index (Phi) is 6.07. The van der Waals surface area contributed by atoms with Crippen molar-refractivity contribution in [2.24, 2.45) is 7.05 Å². The molecule has 0 aromatic carbocycles. The van der Waals surface area contributed by atoms with Crippen molar-refractivity contribution >= 4 is 0 Å². The van der Waals surface area contributed by atoms with E-state index in [1.807, 2.05) is 17.8 Å². The van der Waals surface area contributed by atoms with E-state index in [1.54, 1.807) is 13.3 Å². The molecule has 0 aliphatic rings. The maximum atomic E-state index is 9.70. The smallest absolute Gasteiger partial charge is 0.108 e. The molecule has 92 valence electrons. The molecule has 5 nitrogen and oxygen atoms in total. The summed E-state index contributed by atoms with van der Waals surface area (Å²) in [6, 6.07) is 0. The number of aryl methyl sites for hydroxylation is 2. The summed E-state index contributed by atoms with van der Waals surface area (Å²) in [5, 5.41) is 12.8. The molecule has 1 atom stereocenters. The number of imidazole rings is 1. The van der Waals surface area contributed by atoms with Crippen molar-refractivity contribution in [3.05, 3.63) is 18.2 Å². The third-order valence-corrected chi connectivity index (χ3v) is 2.49. The average Bonchev–Trinajstić information content (AvgIpc) is 2.67. The van der Waals surface area contributed by atoms with E-state index in [2.05, 4.69) is 10.3 Å². The Hall–Kier alpha value is -0.910. The maximum Gasteiger partial charge on any atom is 0.108 e. The zero-order valence-electron chi connectivity index (χ0n) is 10.0. The van der Waals surface area contributed by atoms with Gasteiger partial charge in [0.1, 0.15) is 5.82 Å². The molecule has 0 bridgehead atoms. The zero-order valence-corrected chi connectivity index (χ0v) is 10.0. The first-order valence-corrected chi connectivity index (χ1v) is 5.58. The van der Waals surface area contributed by atoms with Crippen LogP contribution in [0.2, 0.25) is 0 Å². The number of ether oxygens (including phenoxy) is 1. The van der Waals surface area contributed by atoms with Gasteiger partial charge in [0.25, 0.3) is 0 Å². The van der Waals surface area contributed by atoms with Crippen molar-refractivity contribution in [3.63, 3.8) is 0 Å². The number of nitrogens with zero attached hydrogens (tertiary/aromatic N) is 2. The van der Waals surface area contributed by atoms with Crippen LogP contribution in [0.15, 0.2) is 12.4 Å². The number of nitrogens with one attached hydrogen (secondary N) is 1. The van der Waals surface area contributed by atoms with E-state index >= 15 is 0 Å². The molecule has 1 rings (SSSR count). The first-order chi connectivity index (χ1) is 7.74. The Morgan fingerprint density at radius 1 is 1.62 bits per heavy atom. The second kappa shape index (κ2) is 7.38. The first-order valence-electron chi connectivity index (χ1n) is 5.58. The van der Waals surface area contributed by atoms with Crippen molar-refractivity contribution in [3.8, 4) is 0 Å². The minimum absolute atomic E-state index is 0.325. The van der Waals surface area contributed by atoms with Crippen LogP contribution in [0.5, 0.6) is 0 Å². The van der Waals surface area contributed by atoms with Crippen molar-refractivity contribution < 1.29 is 9.84 Å². The summed E-state index contributed by atoms with van der Waals surface area (Å²) in [6.07, 6.45) is 4.90. The van der Waals surface area contributed by atoms with Gasteiger partial charge in [0.05, 0.1) is 12.7 Å². The van der Waals surface area contributed by atoms with Gasteiger partial charge in [0.15, 0.2) is 0 Å². The molecular weight excluding hydrogens is 206 g/mol. The fraction of sp³-hybridized carbons (Fsp3) is 0.727. The molecule has 0 spiro atoms. The summed E-state index contributed by atoms with van der Waals surface area (Å²) in [6.45, 7) is 2.05. The predicted octanol–water partition coefficient (Wildman–Crippen LogP) is -0.0504. The molecule has 0 radical (unpaired) electrons. The number of methoxy groups -OCH3 is 1. The van der Waals surface area contributed by atoms with E-state index in [9.17, 15) is 5.11 Å². The van der Waals surface area contributed by atoms with E-state index in [0.717, 1.165) is 25.2 Å². The Bertz CT molecular complexity index is 289. The van der Waals surface area contributed by atoms with Crippen LogP contribution in [0.4, 0.5) is 0 Å². The van der Waals surface area contributed by atoms with E-state index in [0.29, 0.717) is 13.2 Å². The minimum atomic E-state index is -0.325. The van der Waals surface area contributed by atoms with Gasteiger partial charge in [-0.05, 0) is 6.42 Å². The average molecular weight is 227 g/mol. The topological polar surface area (TPSA) is 59.3 Å². The normalized spacial score (nSPS) is 12.9. The highest BCUT2D eigenvalue weighted by molar-refractivity contribution is 4.91. The van der Waals surface area contributed by atoms with Gasteiger partial charge in [0.2, 0.25) is 0 Å². The van der Waals surface area contributed by atoms with E-state index < -0.39 is 0 Å². The summed E-state index contributed by atoms with van der Waals surface area (Å²) >= 11 is 0. The molecule has 0 saturated carbocycles. The SMILES string of the molecule is COCCNCC(O)CCc1nccn1C. The highest BCUT2D eigenvalue weighted by Crippen LogP contribution is 2.01. The summed E-state index contributed by atoms with van der Waals surface area (Å²) in [7, 11) is 3.63. The molecule has 0 aliphatic heterocycles. The Balaban J connectivity index is 2.10. The summed E-state index contributed by atoms with van der Waals surface area (Å²) < 4.78 is 6.88. The molecule has 2 N–H and O–H groups in total. The molecule has 5 heteroatoms. The van der Waals surface area contributed by atoms with Crippen molar-refractivity contribution in [1.29, 1.82) is 0 Å². The monoisotopic (exact) mass is 227 g/mol. The maximum absolute atomic E-state index is 9.70. The summed E-state index contributed by atoms with van der Waals surface area (Å²) in [5.41, 5.74) is 0. The fourth-order valence-corrected chi connectivity index (χ4v) is 1.48. The molecule has 0 saturated heterocycles. The lowest BCUT2D eigenvalue weighted by Gasteiger charge is -2.11. The number of hydrogen-bond acceptors (Lipinski definition) is 4. The number of hydrogen-bond donors (Lipinski definition) is 2. The van der Waals surface area contributed by atoms with Crippen molar-refractivity contribution in [2.75, 3.05) is 26.8 Å². The van der Waals surface area contributed by atoms with Gasteiger partial charge >= 0.3 is 0 Å². The summed E-state index contributed by atoms with van der Waals surface area (Å²) in [5.74, 6) is 1.01. The highest BCUT2D eigenvalue weighted by Gasteiger charge is 2.06. The van der Waals surface area contributed by atoms with Gasteiger partial charge in [-0.15, -0.1) is 0 Å². The van der Waals surface area contributed by atoms with Gasteiger partial charge in [-0.1, -0.05) is 0 Å². The second-order valence-corrected chi connectivity index (χ2v) is 3.84. The van der Waals surface area contributed by atoms with Crippen molar-refractivity contribution in [1.82, 2.24) is 14.9 Å². The van der Waals surface area contributed by atoms with Gasteiger partial charge in [-0.2, -0.15) is 0 Å². The molecule has 1 unspecified atom stereocenters. The molecule has 0 amide bonds. The van der Waals surface area contributed by atoms with Gasteiger partial charge in [0, 0.05) is 46.1 Å². The van der Waals surface area contributed by atoms with E-state index in [1.165, 1.54) is 0 Å². The number of rotatable bonds is 8. The highest BCUT2D eigenvalue weighted by atomic mass is 16.5. The standard InChI is InChI=1S/C11H21N3O2/c1-14-7-5-13-11(14)4-3-10(15)9-12-6-8-16-2/h5,7,10,12,15H,3-4,6,8-9H2,1-2H3. The third-order valence-electron chi connectivity index (χ3n) is 2.49. The molecule has 1 heterocycles. The fourth-order valence-electron chi connectivity index (χ4n) is 1.48. The van der Waals surface area contributed by atoms with Crippen LogP contribution in [0, 0.1) is 0 Å². The molecule has 1 aromatic rings. The van der Waals surface area contributed by atoms with Crippen LogP contribution in [0.1, 0.15) is 12.2 Å². The zero-order chi connectivity index (χ0) is 11.8. The van der Waals surface area contributed by atoms with Crippen LogP contribution in [-0.4, -0.2) is 47.6 Å². The van der Waals surface area contributed by atoms with Crippen LogP contribution in [0.3, 0.4) is 0 Å². The quantitative estimate of drug-likeness (QED) is 0.611. The molecular formula is C11H21N3O2. The molecule has 0 fully saturated rings. The van der Waals surface area contributed by atoms with E-state index in [-0.39, 0.29) is 6.10 Å². The van der Waals surface area contributed by atoms with Crippen LogP contribution in [-0.2, 0) is 18.2 Å². The lowest BCUT2D eigenvalue weighted by Crippen LogP contribution is -2.29. The Morgan fingerprint density at radius 3 is 3.06 bits per heavy atom. The second-order valence-electron chi connectivity index (χ2n) is 3.84. The first kappa shape index (κ1) is 13.2. The largest absolute Gasteiger partial charge is 0.392 e. The minimum Gasteiger partial charge on any atom is -0.392 e. The van der Waals surface area contributed by atoms with Crippen LogP contribution < -0.4 is 5.32 Å². The van der Waals surface area contributed by atoms with E-state index in [4.69, 9.17) is 4.74 Å². The number of aliphatic hydroxyl groups excluding tert-OH is 1. The van der Waals surface area contributed by atoms with Crippen LogP contribution >= 0.6 is 0 Å².